The highest BCUT2D eigenvalue weighted by Crippen LogP contribution is 2.16. The molecule has 3 heteroatoms. The van der Waals surface area contributed by atoms with Gasteiger partial charge in [-0.25, -0.2) is 4.39 Å². The molecule has 0 bridgehead atoms. The second-order valence-electron chi connectivity index (χ2n) is 3.71. The lowest BCUT2D eigenvalue weighted by molar-refractivity contribution is 0.350. The van der Waals surface area contributed by atoms with Gasteiger partial charge in [-0.05, 0) is 35.9 Å². The van der Waals surface area contributed by atoms with Crippen LogP contribution in [0.1, 0.15) is 30.9 Å². The molecular formula is C14H17FOS. The number of aliphatic hydroxyl groups is 1. The second kappa shape index (κ2) is 8.16. The molecule has 0 aliphatic rings. The molecule has 0 unspecified atom stereocenters. The van der Waals surface area contributed by atoms with Crippen LogP contribution in [0.15, 0.2) is 18.2 Å². The van der Waals surface area contributed by atoms with E-state index in [9.17, 15) is 4.39 Å². The highest BCUT2D eigenvalue weighted by molar-refractivity contribution is 7.98. The number of unbranched alkanes of at least 4 members (excludes halogenated alkanes) is 1. The third-order valence-corrected chi connectivity index (χ3v) is 3.30. The van der Waals surface area contributed by atoms with E-state index in [2.05, 4.69) is 18.8 Å². The zero-order valence-electron chi connectivity index (χ0n) is 10.0. The predicted octanol–water partition coefficient (Wildman–Crippen LogP) is 3.20. The first-order valence-electron chi connectivity index (χ1n) is 5.73. The van der Waals surface area contributed by atoms with Crippen molar-refractivity contribution in [3.63, 3.8) is 0 Å². The van der Waals surface area contributed by atoms with Gasteiger partial charge >= 0.3 is 0 Å². The minimum absolute atomic E-state index is 0.197. The van der Waals surface area contributed by atoms with Crippen LogP contribution in [0.5, 0.6) is 0 Å². The summed E-state index contributed by atoms with van der Waals surface area (Å²) < 4.78 is 13.3. The first-order chi connectivity index (χ1) is 8.26. The molecule has 17 heavy (non-hydrogen) atoms. The van der Waals surface area contributed by atoms with Gasteiger partial charge in [0.05, 0.1) is 0 Å². The molecule has 0 saturated carbocycles. The highest BCUT2D eigenvalue weighted by atomic mass is 32.2. The van der Waals surface area contributed by atoms with E-state index < -0.39 is 0 Å². The molecule has 1 N–H and O–H groups in total. The minimum atomic E-state index is -0.263. The molecule has 0 heterocycles. The summed E-state index contributed by atoms with van der Waals surface area (Å²) in [6.07, 6.45) is 2.38. The minimum Gasteiger partial charge on any atom is -0.384 e. The zero-order chi connectivity index (χ0) is 12.5. The van der Waals surface area contributed by atoms with E-state index in [1.165, 1.54) is 18.9 Å². The van der Waals surface area contributed by atoms with Gasteiger partial charge in [-0.15, -0.1) is 0 Å². The fourth-order valence-corrected chi connectivity index (χ4v) is 2.42. The Bertz CT molecular complexity index is 406. The third-order valence-electron chi connectivity index (χ3n) is 2.18. The molecule has 0 aliphatic carbocycles. The number of halogens is 1. The Hall–Kier alpha value is -0.980. The Morgan fingerprint density at radius 2 is 2.18 bits per heavy atom. The Balaban J connectivity index is 2.62. The molecule has 0 aromatic heterocycles. The van der Waals surface area contributed by atoms with Crippen LogP contribution < -0.4 is 0 Å². The van der Waals surface area contributed by atoms with Crippen molar-refractivity contribution in [2.75, 3.05) is 12.4 Å². The summed E-state index contributed by atoms with van der Waals surface area (Å²) in [5.74, 6) is 6.91. The van der Waals surface area contributed by atoms with E-state index in [0.717, 1.165) is 17.1 Å². The maximum Gasteiger partial charge on any atom is 0.124 e. The van der Waals surface area contributed by atoms with Gasteiger partial charge in [-0.2, -0.15) is 11.8 Å². The van der Waals surface area contributed by atoms with E-state index in [4.69, 9.17) is 5.11 Å². The van der Waals surface area contributed by atoms with Crippen LogP contribution >= 0.6 is 11.8 Å². The van der Waals surface area contributed by atoms with Crippen LogP contribution in [0, 0.1) is 17.7 Å². The quantitative estimate of drug-likeness (QED) is 0.641. The van der Waals surface area contributed by atoms with Crippen molar-refractivity contribution in [3.8, 4) is 11.8 Å². The lowest BCUT2D eigenvalue weighted by atomic mass is 10.1. The molecule has 1 nitrogen and oxygen atoms in total. The van der Waals surface area contributed by atoms with Crippen LogP contribution in [-0.2, 0) is 5.75 Å². The SMILES string of the molecule is CCCCSCc1cc(F)cc(C#CCO)c1. The fourth-order valence-electron chi connectivity index (χ4n) is 1.38. The Morgan fingerprint density at radius 1 is 1.35 bits per heavy atom. The number of benzene rings is 1. The number of thioether (sulfide) groups is 1. The van der Waals surface area contributed by atoms with E-state index in [0.29, 0.717) is 5.56 Å². The number of hydrogen-bond acceptors (Lipinski definition) is 2. The highest BCUT2D eigenvalue weighted by Gasteiger charge is 1.99. The molecule has 0 amide bonds. The van der Waals surface area contributed by atoms with Crippen LogP contribution in [0.3, 0.4) is 0 Å². The summed E-state index contributed by atoms with van der Waals surface area (Å²) in [6.45, 7) is 1.96. The molecule has 0 aliphatic heterocycles. The van der Waals surface area contributed by atoms with Gasteiger partial charge in [0.1, 0.15) is 12.4 Å². The summed E-state index contributed by atoms with van der Waals surface area (Å²) in [5.41, 5.74) is 1.58. The standard InChI is InChI=1S/C14H17FOS/c1-2-3-7-17-11-13-8-12(5-4-6-16)9-14(15)10-13/h8-10,16H,2-3,6-7,11H2,1H3. The summed E-state index contributed by atoms with van der Waals surface area (Å²) in [4.78, 5) is 0. The summed E-state index contributed by atoms with van der Waals surface area (Å²) in [5, 5.41) is 8.60. The molecule has 1 aromatic carbocycles. The Morgan fingerprint density at radius 3 is 2.88 bits per heavy atom. The molecule has 1 aromatic rings. The smallest absolute Gasteiger partial charge is 0.124 e. The number of aliphatic hydroxyl groups excluding tert-OH is 1. The van der Waals surface area contributed by atoms with Crippen molar-refractivity contribution in [2.24, 2.45) is 0 Å². The number of rotatable bonds is 5. The second-order valence-corrected chi connectivity index (χ2v) is 4.82. The van der Waals surface area contributed by atoms with Crippen LogP contribution in [0.25, 0.3) is 0 Å². The van der Waals surface area contributed by atoms with E-state index in [1.54, 1.807) is 6.07 Å². The van der Waals surface area contributed by atoms with Crippen molar-refractivity contribution in [1.29, 1.82) is 0 Å². The molecule has 0 spiro atoms. The molecule has 0 atom stereocenters. The average Bonchev–Trinajstić information content (AvgIpc) is 2.31. The Labute approximate surface area is 106 Å². The zero-order valence-corrected chi connectivity index (χ0v) is 10.8. The first-order valence-corrected chi connectivity index (χ1v) is 6.88. The molecular weight excluding hydrogens is 235 g/mol. The van der Waals surface area contributed by atoms with Crippen LogP contribution in [-0.4, -0.2) is 17.5 Å². The monoisotopic (exact) mass is 252 g/mol. The topological polar surface area (TPSA) is 20.2 Å². The molecule has 0 fully saturated rings. The van der Waals surface area contributed by atoms with Crippen molar-refractivity contribution >= 4 is 11.8 Å². The predicted molar refractivity (Wildman–Crippen MR) is 71.4 cm³/mol. The van der Waals surface area contributed by atoms with Gasteiger partial charge in [-0.1, -0.05) is 25.2 Å². The molecule has 0 saturated heterocycles. The maximum absolute atomic E-state index is 13.3. The molecule has 92 valence electrons. The molecule has 0 radical (unpaired) electrons. The van der Waals surface area contributed by atoms with Crippen LogP contribution in [0.4, 0.5) is 4.39 Å². The van der Waals surface area contributed by atoms with Gasteiger partial charge in [0.2, 0.25) is 0 Å². The maximum atomic E-state index is 13.3. The van der Waals surface area contributed by atoms with E-state index in [-0.39, 0.29) is 12.4 Å². The van der Waals surface area contributed by atoms with E-state index >= 15 is 0 Å². The summed E-state index contributed by atoms with van der Waals surface area (Å²) in [7, 11) is 0. The number of hydrogen-bond donors (Lipinski definition) is 1. The lowest BCUT2D eigenvalue weighted by Gasteiger charge is -2.02. The van der Waals surface area contributed by atoms with Gasteiger partial charge in [0.25, 0.3) is 0 Å². The summed E-state index contributed by atoms with van der Waals surface area (Å²) >= 11 is 1.81. The normalized spacial score (nSPS) is 9.82. The average molecular weight is 252 g/mol. The Kier molecular flexibility index (Phi) is 6.76. The summed E-state index contributed by atoms with van der Waals surface area (Å²) in [6, 6.07) is 4.82. The van der Waals surface area contributed by atoms with Crippen molar-refractivity contribution < 1.29 is 9.50 Å². The van der Waals surface area contributed by atoms with E-state index in [1.807, 2.05) is 17.8 Å². The van der Waals surface area contributed by atoms with Gasteiger partial charge in [-0.3, -0.25) is 0 Å². The lowest BCUT2D eigenvalue weighted by Crippen LogP contribution is -1.88. The first kappa shape index (κ1) is 14.1. The van der Waals surface area contributed by atoms with Crippen LogP contribution in [0.2, 0.25) is 0 Å². The van der Waals surface area contributed by atoms with Gasteiger partial charge < -0.3 is 5.11 Å². The largest absolute Gasteiger partial charge is 0.384 e. The van der Waals surface area contributed by atoms with Crippen molar-refractivity contribution in [3.05, 3.63) is 35.1 Å². The van der Waals surface area contributed by atoms with Crippen molar-refractivity contribution in [1.82, 2.24) is 0 Å². The van der Waals surface area contributed by atoms with Crippen molar-refractivity contribution in [2.45, 2.75) is 25.5 Å². The third kappa shape index (κ3) is 5.76. The fraction of sp³-hybridized carbons (Fsp3) is 0.429. The molecule has 1 rings (SSSR count). The van der Waals surface area contributed by atoms with Gasteiger partial charge in [0, 0.05) is 11.3 Å². The van der Waals surface area contributed by atoms with Gasteiger partial charge in [0.15, 0.2) is 0 Å².